The number of nitro groups is 1. The standard InChI is InChI=1S/C13H6Cl2N2O4/c14-8-2-1-3-9(15)12(8)7(6-16)13(18)10-4-5-11(21-10)17(19)20/h1-5,7H. The van der Waals surface area contributed by atoms with Gasteiger partial charge in [-0.15, -0.1) is 0 Å². The fraction of sp³-hybridized carbons (Fsp3) is 0.0769. The minimum absolute atomic E-state index is 0.146. The first-order chi connectivity index (χ1) is 9.95. The third kappa shape index (κ3) is 2.89. The summed E-state index contributed by atoms with van der Waals surface area (Å²) in [6.45, 7) is 0. The summed E-state index contributed by atoms with van der Waals surface area (Å²) in [7, 11) is 0. The molecule has 0 saturated carbocycles. The van der Waals surface area contributed by atoms with E-state index >= 15 is 0 Å². The molecule has 0 amide bonds. The first-order valence-electron chi connectivity index (χ1n) is 5.57. The summed E-state index contributed by atoms with van der Waals surface area (Å²) >= 11 is 11.9. The Hall–Kier alpha value is -2.36. The summed E-state index contributed by atoms with van der Waals surface area (Å²) in [4.78, 5) is 22.0. The van der Waals surface area contributed by atoms with E-state index < -0.39 is 22.5 Å². The summed E-state index contributed by atoms with van der Waals surface area (Å²) < 4.78 is 4.80. The van der Waals surface area contributed by atoms with E-state index in [0.717, 1.165) is 12.1 Å². The van der Waals surface area contributed by atoms with Crippen LogP contribution in [0.15, 0.2) is 34.7 Å². The van der Waals surface area contributed by atoms with Crippen LogP contribution in [0, 0.1) is 21.4 Å². The van der Waals surface area contributed by atoms with Gasteiger partial charge in [-0.3, -0.25) is 14.9 Å². The van der Waals surface area contributed by atoms with Crippen LogP contribution >= 0.6 is 23.2 Å². The van der Waals surface area contributed by atoms with E-state index in [1.807, 2.05) is 0 Å². The Morgan fingerprint density at radius 3 is 2.38 bits per heavy atom. The van der Waals surface area contributed by atoms with Gasteiger partial charge in [0, 0.05) is 15.6 Å². The molecule has 21 heavy (non-hydrogen) atoms. The molecule has 1 atom stereocenters. The number of ketones is 1. The highest BCUT2D eigenvalue weighted by atomic mass is 35.5. The first kappa shape index (κ1) is 15.0. The lowest BCUT2D eigenvalue weighted by atomic mass is 9.94. The Balaban J connectivity index is 2.44. The van der Waals surface area contributed by atoms with Crippen molar-refractivity contribution in [1.82, 2.24) is 0 Å². The van der Waals surface area contributed by atoms with E-state index in [1.54, 1.807) is 12.1 Å². The van der Waals surface area contributed by atoms with Gasteiger partial charge in [0.1, 0.15) is 10.8 Å². The molecule has 0 aliphatic heterocycles. The monoisotopic (exact) mass is 324 g/mol. The molecule has 1 aromatic carbocycles. The molecule has 0 aliphatic carbocycles. The van der Waals surface area contributed by atoms with Crippen LogP contribution in [0.5, 0.6) is 0 Å². The number of furan rings is 1. The molecule has 0 bridgehead atoms. The lowest BCUT2D eigenvalue weighted by Gasteiger charge is -2.10. The van der Waals surface area contributed by atoms with E-state index in [0.29, 0.717) is 0 Å². The largest absolute Gasteiger partial charge is 0.433 e. The molecule has 2 rings (SSSR count). The highest BCUT2D eigenvalue weighted by molar-refractivity contribution is 6.36. The van der Waals surface area contributed by atoms with Gasteiger partial charge in [-0.05, 0) is 18.2 Å². The van der Waals surface area contributed by atoms with Crippen LogP contribution in [0.2, 0.25) is 10.0 Å². The van der Waals surface area contributed by atoms with Crippen molar-refractivity contribution in [3.63, 3.8) is 0 Å². The van der Waals surface area contributed by atoms with Crippen LogP contribution in [0.25, 0.3) is 0 Å². The molecule has 1 heterocycles. The molecule has 0 spiro atoms. The zero-order valence-electron chi connectivity index (χ0n) is 10.2. The van der Waals surface area contributed by atoms with E-state index in [9.17, 15) is 20.2 Å². The Morgan fingerprint density at radius 2 is 1.90 bits per heavy atom. The number of nitrogens with zero attached hydrogens (tertiary/aromatic N) is 2. The number of halogens is 2. The molecular formula is C13H6Cl2N2O4. The van der Waals surface area contributed by atoms with E-state index in [1.165, 1.54) is 12.1 Å². The van der Waals surface area contributed by atoms with Gasteiger partial charge in [0.05, 0.1) is 12.1 Å². The van der Waals surface area contributed by atoms with Crippen LogP contribution in [0.1, 0.15) is 22.0 Å². The topological polar surface area (TPSA) is 97.1 Å². The number of carbonyl (C=O) groups is 1. The molecule has 106 valence electrons. The van der Waals surface area contributed by atoms with Crippen molar-refractivity contribution >= 4 is 34.9 Å². The van der Waals surface area contributed by atoms with Crippen molar-refractivity contribution in [3.8, 4) is 6.07 Å². The number of carbonyl (C=O) groups excluding carboxylic acids is 1. The van der Waals surface area contributed by atoms with Crippen LogP contribution in [-0.2, 0) is 0 Å². The summed E-state index contributed by atoms with van der Waals surface area (Å²) in [5, 5.41) is 20.1. The van der Waals surface area contributed by atoms with Crippen molar-refractivity contribution in [2.75, 3.05) is 0 Å². The van der Waals surface area contributed by atoms with Gasteiger partial charge in [-0.25, -0.2) is 0 Å². The molecule has 6 nitrogen and oxygen atoms in total. The molecule has 1 aromatic heterocycles. The average Bonchev–Trinajstić information content (AvgIpc) is 2.92. The molecule has 1 unspecified atom stereocenters. The third-order valence-electron chi connectivity index (χ3n) is 2.69. The SMILES string of the molecule is N#CC(C(=O)c1ccc([N+](=O)[O-])o1)c1c(Cl)cccc1Cl. The molecule has 0 fully saturated rings. The van der Waals surface area contributed by atoms with Gasteiger partial charge in [0.15, 0.2) is 5.76 Å². The fourth-order valence-electron chi connectivity index (χ4n) is 1.74. The summed E-state index contributed by atoms with van der Waals surface area (Å²) in [6, 6.07) is 8.52. The van der Waals surface area contributed by atoms with Crippen molar-refractivity contribution in [2.24, 2.45) is 0 Å². The predicted molar refractivity (Wildman–Crippen MR) is 74.5 cm³/mol. The minimum atomic E-state index is -1.31. The number of Topliss-reactive ketones (excluding diaryl/α,β-unsaturated/α-hetero) is 1. The van der Waals surface area contributed by atoms with Crippen LogP contribution < -0.4 is 0 Å². The van der Waals surface area contributed by atoms with E-state index in [4.69, 9.17) is 27.6 Å². The van der Waals surface area contributed by atoms with Gasteiger partial charge in [0.2, 0.25) is 5.78 Å². The smallest absolute Gasteiger partial charge is 0.397 e. The van der Waals surface area contributed by atoms with Gasteiger partial charge in [-0.2, -0.15) is 5.26 Å². The zero-order valence-corrected chi connectivity index (χ0v) is 11.8. The van der Waals surface area contributed by atoms with Crippen LogP contribution in [0.3, 0.4) is 0 Å². The molecule has 8 heteroatoms. The normalized spacial score (nSPS) is 11.7. The number of nitriles is 1. The number of rotatable bonds is 4. The lowest BCUT2D eigenvalue weighted by molar-refractivity contribution is -0.402. The van der Waals surface area contributed by atoms with Gasteiger partial charge in [0.25, 0.3) is 0 Å². The number of benzene rings is 1. The maximum atomic E-state index is 12.3. The second-order valence-electron chi connectivity index (χ2n) is 3.96. The molecule has 0 radical (unpaired) electrons. The Morgan fingerprint density at radius 1 is 1.29 bits per heavy atom. The maximum Gasteiger partial charge on any atom is 0.433 e. The zero-order chi connectivity index (χ0) is 15.6. The van der Waals surface area contributed by atoms with Crippen molar-refractivity contribution in [1.29, 1.82) is 5.26 Å². The van der Waals surface area contributed by atoms with E-state index in [2.05, 4.69) is 0 Å². The third-order valence-corrected chi connectivity index (χ3v) is 3.35. The second-order valence-corrected chi connectivity index (χ2v) is 4.77. The van der Waals surface area contributed by atoms with Crippen LogP contribution in [-0.4, -0.2) is 10.7 Å². The first-order valence-corrected chi connectivity index (χ1v) is 6.33. The van der Waals surface area contributed by atoms with Crippen molar-refractivity contribution in [2.45, 2.75) is 5.92 Å². The fourth-order valence-corrected chi connectivity index (χ4v) is 2.36. The molecule has 0 saturated heterocycles. The summed E-state index contributed by atoms with van der Waals surface area (Å²) in [5.41, 5.74) is 0.146. The highest BCUT2D eigenvalue weighted by Gasteiger charge is 2.29. The van der Waals surface area contributed by atoms with Crippen molar-refractivity contribution in [3.05, 3.63) is 61.8 Å². The second kappa shape index (κ2) is 5.95. The summed E-state index contributed by atoms with van der Waals surface area (Å²) in [6.07, 6.45) is 0. The molecule has 2 aromatic rings. The van der Waals surface area contributed by atoms with Gasteiger partial charge >= 0.3 is 5.88 Å². The number of hydrogen-bond donors (Lipinski definition) is 0. The quantitative estimate of drug-likeness (QED) is 0.481. The van der Waals surface area contributed by atoms with Crippen LogP contribution in [0.4, 0.5) is 5.88 Å². The average molecular weight is 325 g/mol. The molecular weight excluding hydrogens is 319 g/mol. The maximum absolute atomic E-state index is 12.3. The highest BCUT2D eigenvalue weighted by Crippen LogP contribution is 2.34. The summed E-state index contributed by atoms with van der Waals surface area (Å²) in [5.74, 6) is -2.94. The lowest BCUT2D eigenvalue weighted by Crippen LogP contribution is -2.11. The molecule has 0 aliphatic rings. The number of hydrogen-bond acceptors (Lipinski definition) is 5. The Labute approximate surface area is 128 Å². The van der Waals surface area contributed by atoms with Crippen molar-refractivity contribution < 1.29 is 14.1 Å². The Bertz CT molecular complexity index is 744. The van der Waals surface area contributed by atoms with Gasteiger partial charge in [-0.1, -0.05) is 29.3 Å². The Kier molecular flexibility index (Phi) is 4.26. The van der Waals surface area contributed by atoms with Gasteiger partial charge < -0.3 is 4.42 Å². The minimum Gasteiger partial charge on any atom is -0.397 e. The van der Waals surface area contributed by atoms with E-state index in [-0.39, 0.29) is 21.4 Å². The molecule has 0 N–H and O–H groups in total. The predicted octanol–water partition coefficient (Wildman–Crippen LogP) is 3.98.